The van der Waals surface area contributed by atoms with E-state index in [9.17, 15) is 9.59 Å². The van der Waals surface area contributed by atoms with Gasteiger partial charge in [-0.05, 0) is 44.6 Å². The number of aliphatic hydroxyl groups excluding tert-OH is 2. The van der Waals surface area contributed by atoms with Crippen molar-refractivity contribution in [1.82, 2.24) is 19.5 Å². The van der Waals surface area contributed by atoms with Crippen LogP contribution in [0, 0.1) is 0 Å². The quantitative estimate of drug-likeness (QED) is 0.196. The fourth-order valence-corrected chi connectivity index (χ4v) is 4.12. The number of aromatic nitrogens is 4. The number of nitrogens with zero attached hydrogens (tertiary/aromatic N) is 4. The van der Waals surface area contributed by atoms with Crippen molar-refractivity contribution in [2.75, 3.05) is 10.6 Å². The second kappa shape index (κ2) is 13.8. The van der Waals surface area contributed by atoms with Gasteiger partial charge in [0.1, 0.15) is 0 Å². The number of rotatable bonds is 10. The lowest BCUT2D eigenvalue weighted by atomic mass is 9.92. The molecule has 13 heteroatoms. The highest BCUT2D eigenvalue weighted by Gasteiger charge is 2.29. The number of benzene rings is 1. The molecule has 0 amide bonds. The smallest absolute Gasteiger partial charge is 0.335 e. The van der Waals surface area contributed by atoms with Crippen LogP contribution in [0.1, 0.15) is 57.6 Å². The molecule has 0 spiro atoms. The Hall–Kier alpha value is -3.81. The number of aliphatic hydroxyl groups is 2. The molecule has 1 fully saturated rings. The molecule has 1 aromatic carbocycles. The van der Waals surface area contributed by atoms with Gasteiger partial charge < -0.3 is 41.4 Å². The Morgan fingerprint density at radius 1 is 1.05 bits per heavy atom. The van der Waals surface area contributed by atoms with Crippen molar-refractivity contribution in [1.29, 1.82) is 0 Å². The Bertz CT molecular complexity index is 1210. The van der Waals surface area contributed by atoms with E-state index in [1.165, 1.54) is 5.56 Å². The highest BCUT2D eigenvalue weighted by Crippen LogP contribution is 2.26. The molecule has 1 saturated carbocycles. The predicted octanol–water partition coefficient (Wildman–Crippen LogP) is 1.97. The molecule has 39 heavy (non-hydrogen) atoms. The average Bonchev–Trinajstić information content (AvgIpc) is 3.36. The number of imidazole rings is 1. The number of hydrogen-bond donors (Lipinski definition) is 7. The number of carbonyl (C=O) groups is 2. The zero-order chi connectivity index (χ0) is 28.5. The van der Waals surface area contributed by atoms with Gasteiger partial charge in [-0.15, -0.1) is 0 Å². The van der Waals surface area contributed by atoms with Crippen LogP contribution in [-0.2, 0) is 16.1 Å². The second-order valence-corrected chi connectivity index (χ2v) is 9.64. The van der Waals surface area contributed by atoms with Gasteiger partial charge in [0.25, 0.3) is 0 Å². The van der Waals surface area contributed by atoms with E-state index in [0.29, 0.717) is 30.6 Å². The van der Waals surface area contributed by atoms with Crippen molar-refractivity contribution >= 4 is 34.9 Å². The van der Waals surface area contributed by atoms with E-state index in [2.05, 4.69) is 46.2 Å². The van der Waals surface area contributed by atoms with Crippen LogP contribution in [-0.4, -0.2) is 76.2 Å². The number of anilines is 2. The van der Waals surface area contributed by atoms with Gasteiger partial charge in [0.05, 0.1) is 6.33 Å². The maximum atomic E-state index is 9.77. The van der Waals surface area contributed by atoms with E-state index in [1.54, 1.807) is 0 Å². The zero-order valence-corrected chi connectivity index (χ0v) is 22.1. The molecule has 1 aliphatic rings. The van der Waals surface area contributed by atoms with Crippen molar-refractivity contribution in [2.45, 2.75) is 82.8 Å². The van der Waals surface area contributed by atoms with Gasteiger partial charge in [-0.2, -0.15) is 9.97 Å². The molecule has 0 bridgehead atoms. The monoisotopic (exact) mass is 543 g/mol. The van der Waals surface area contributed by atoms with Crippen molar-refractivity contribution in [2.24, 2.45) is 5.73 Å². The average molecular weight is 544 g/mol. The molecule has 13 nitrogen and oxygen atoms in total. The molecule has 0 radical (unpaired) electrons. The van der Waals surface area contributed by atoms with E-state index >= 15 is 0 Å². The summed E-state index contributed by atoms with van der Waals surface area (Å²) in [6.07, 6.45) is 2.57. The summed E-state index contributed by atoms with van der Waals surface area (Å²) in [5, 5.41) is 39.5. The van der Waals surface area contributed by atoms with Gasteiger partial charge in [0.2, 0.25) is 5.95 Å². The fourth-order valence-electron chi connectivity index (χ4n) is 4.12. The lowest BCUT2D eigenvalue weighted by Gasteiger charge is -2.27. The summed E-state index contributed by atoms with van der Waals surface area (Å²) in [4.78, 5) is 33.8. The lowest BCUT2D eigenvalue weighted by molar-refractivity contribution is -0.165. The topological polar surface area (TPSA) is 209 Å². The first-order chi connectivity index (χ1) is 18.6. The first kappa shape index (κ1) is 29.7. The third-order valence-corrected chi connectivity index (χ3v) is 6.70. The number of nitrogens with one attached hydrogen (secondary N) is 2. The van der Waals surface area contributed by atoms with Crippen LogP contribution in [0.25, 0.3) is 11.2 Å². The van der Waals surface area contributed by atoms with Gasteiger partial charge in [0, 0.05) is 24.7 Å². The van der Waals surface area contributed by atoms with Gasteiger partial charge in [-0.25, -0.2) is 14.6 Å². The normalized spacial score (nSPS) is 19.3. The van der Waals surface area contributed by atoms with Crippen molar-refractivity contribution in [3.8, 4) is 0 Å². The van der Waals surface area contributed by atoms with Gasteiger partial charge in [-0.3, -0.25) is 0 Å². The number of carboxylic acid groups (broad SMARTS) is 2. The van der Waals surface area contributed by atoms with Gasteiger partial charge in [0.15, 0.2) is 29.2 Å². The summed E-state index contributed by atoms with van der Waals surface area (Å²) in [6.45, 7) is 5.06. The van der Waals surface area contributed by atoms with Crippen LogP contribution in [0.4, 0.5) is 11.8 Å². The van der Waals surface area contributed by atoms with E-state index < -0.39 is 24.1 Å². The fraction of sp³-hybridized carbons (Fsp3) is 0.500. The van der Waals surface area contributed by atoms with Crippen LogP contribution in [0.15, 0.2) is 36.7 Å². The second-order valence-electron chi connectivity index (χ2n) is 9.64. The molecule has 0 saturated heterocycles. The Kier molecular flexibility index (Phi) is 10.5. The third kappa shape index (κ3) is 8.09. The van der Waals surface area contributed by atoms with Crippen molar-refractivity contribution < 1.29 is 30.0 Å². The molecular weight excluding hydrogens is 506 g/mol. The first-order valence-corrected chi connectivity index (χ1v) is 13.0. The minimum Gasteiger partial charge on any atom is -0.479 e. The largest absolute Gasteiger partial charge is 0.479 e. The van der Waals surface area contributed by atoms with E-state index in [1.807, 2.05) is 24.5 Å². The van der Waals surface area contributed by atoms with E-state index in [4.69, 9.17) is 36.1 Å². The van der Waals surface area contributed by atoms with Crippen molar-refractivity contribution in [3.05, 3.63) is 42.2 Å². The molecule has 1 aliphatic carbocycles. The number of aliphatic carboxylic acids is 2. The first-order valence-electron chi connectivity index (χ1n) is 13.0. The van der Waals surface area contributed by atoms with E-state index in [0.717, 1.165) is 49.1 Å². The molecule has 4 rings (SSSR count). The van der Waals surface area contributed by atoms with Crippen LogP contribution in [0.2, 0.25) is 0 Å². The maximum Gasteiger partial charge on any atom is 0.335 e. The number of nitrogens with two attached hydrogens (primary N) is 1. The van der Waals surface area contributed by atoms with Gasteiger partial charge in [-0.1, -0.05) is 37.3 Å². The molecule has 8 N–H and O–H groups in total. The minimum atomic E-state index is -2.27. The van der Waals surface area contributed by atoms with Crippen LogP contribution < -0.4 is 16.4 Å². The summed E-state index contributed by atoms with van der Waals surface area (Å²) in [6, 6.07) is 11.4. The number of carboxylic acids is 2. The Morgan fingerprint density at radius 3 is 2.23 bits per heavy atom. The zero-order valence-electron chi connectivity index (χ0n) is 22.1. The van der Waals surface area contributed by atoms with Gasteiger partial charge >= 0.3 is 11.9 Å². The SMILES string of the molecule is CCC(C)n1cnc2c(NCc3ccccc3)nc(NC3CCC(N)CC3)nc21.O=C(O)C(O)C(O)C(=O)O. The minimum absolute atomic E-state index is 0.325. The van der Waals surface area contributed by atoms with E-state index in [-0.39, 0.29) is 0 Å². The summed E-state index contributed by atoms with van der Waals surface area (Å²) in [7, 11) is 0. The molecule has 3 atom stereocenters. The Labute approximate surface area is 226 Å². The lowest BCUT2D eigenvalue weighted by Crippen LogP contribution is -2.39. The molecule has 3 aromatic rings. The molecule has 2 aromatic heterocycles. The van der Waals surface area contributed by atoms with Crippen molar-refractivity contribution in [3.63, 3.8) is 0 Å². The number of fused-ring (bicyclic) bond motifs is 1. The van der Waals surface area contributed by atoms with Crippen LogP contribution in [0.5, 0.6) is 0 Å². The predicted molar refractivity (Wildman–Crippen MR) is 145 cm³/mol. The third-order valence-electron chi connectivity index (χ3n) is 6.70. The molecular formula is C26H37N7O6. The molecule has 3 unspecified atom stereocenters. The molecule has 212 valence electrons. The summed E-state index contributed by atoms with van der Waals surface area (Å²) in [5.41, 5.74) is 8.95. The highest BCUT2D eigenvalue weighted by molar-refractivity contribution is 5.84. The van der Waals surface area contributed by atoms with Crippen LogP contribution >= 0.6 is 0 Å². The summed E-state index contributed by atoms with van der Waals surface area (Å²) in [5.74, 6) is -2.10. The molecule has 2 heterocycles. The molecule has 0 aliphatic heterocycles. The standard InChI is InChI=1S/C22H31N7.C4H6O6/c1-3-15(2)29-14-25-19-20(24-13-16-7-5-4-6-8-16)27-22(28-21(19)29)26-18-11-9-17(23)10-12-18;5-1(3(7)8)2(6)4(9)10/h4-8,14-15,17-18H,3,9-13,23H2,1-2H3,(H2,24,26,27,28);1-2,5-6H,(H,7,8)(H,9,10). The Balaban J connectivity index is 0.000000360. The summed E-state index contributed by atoms with van der Waals surface area (Å²) >= 11 is 0. The van der Waals surface area contributed by atoms with Crippen LogP contribution in [0.3, 0.4) is 0 Å². The highest BCUT2D eigenvalue weighted by atomic mass is 16.4. The Morgan fingerprint density at radius 2 is 1.67 bits per heavy atom. The number of hydrogen-bond acceptors (Lipinski definition) is 10. The maximum absolute atomic E-state index is 9.77. The summed E-state index contributed by atoms with van der Waals surface area (Å²) < 4.78 is 2.15.